The van der Waals surface area contributed by atoms with Gasteiger partial charge < -0.3 is 0 Å². The van der Waals surface area contributed by atoms with Gasteiger partial charge in [0.1, 0.15) is 11.6 Å². The van der Waals surface area contributed by atoms with Crippen LogP contribution in [0, 0.1) is 11.7 Å². The maximum Gasteiger partial charge on any atom is 0.163 e. The number of ketones is 2. The van der Waals surface area contributed by atoms with Crippen molar-refractivity contribution in [3.63, 3.8) is 0 Å². The average Bonchev–Trinajstić information content (AvgIpc) is 2.53. The number of halogens is 1. The Labute approximate surface area is 130 Å². The van der Waals surface area contributed by atoms with Gasteiger partial charge >= 0.3 is 0 Å². The normalized spacial score (nSPS) is 12.2. The van der Waals surface area contributed by atoms with Crippen LogP contribution in [0.3, 0.4) is 0 Å². The Morgan fingerprint density at radius 3 is 2.09 bits per heavy atom. The minimum atomic E-state index is -0.459. The molecule has 0 bridgehead atoms. The van der Waals surface area contributed by atoms with Gasteiger partial charge in [-0.25, -0.2) is 4.39 Å². The summed E-state index contributed by atoms with van der Waals surface area (Å²) in [6.45, 7) is 3.67. The van der Waals surface area contributed by atoms with Gasteiger partial charge in [0.15, 0.2) is 5.78 Å². The lowest BCUT2D eigenvalue weighted by Crippen LogP contribution is -2.21. The summed E-state index contributed by atoms with van der Waals surface area (Å²) >= 11 is 0. The van der Waals surface area contributed by atoms with Crippen molar-refractivity contribution in [3.8, 4) is 0 Å². The van der Waals surface area contributed by atoms with E-state index in [2.05, 4.69) is 0 Å². The second-order valence-corrected chi connectivity index (χ2v) is 5.65. The Bertz CT molecular complexity index is 645. The van der Waals surface area contributed by atoms with Gasteiger partial charge in [0.05, 0.1) is 5.92 Å². The van der Waals surface area contributed by atoms with E-state index in [1.165, 1.54) is 24.3 Å². The van der Waals surface area contributed by atoms with E-state index in [0.717, 1.165) is 5.56 Å². The second kappa shape index (κ2) is 7.12. The molecule has 22 heavy (non-hydrogen) atoms. The molecular formula is C19H19FO2. The third-order valence-corrected chi connectivity index (χ3v) is 3.67. The summed E-state index contributed by atoms with van der Waals surface area (Å²) in [5.41, 5.74) is 1.27. The van der Waals surface area contributed by atoms with E-state index >= 15 is 0 Å². The molecule has 0 saturated heterocycles. The summed E-state index contributed by atoms with van der Waals surface area (Å²) in [4.78, 5) is 24.8. The molecule has 0 heterocycles. The summed E-state index contributed by atoms with van der Waals surface area (Å²) in [7, 11) is 0. The number of benzene rings is 2. The van der Waals surface area contributed by atoms with Gasteiger partial charge in [-0.1, -0.05) is 44.2 Å². The topological polar surface area (TPSA) is 34.1 Å². The standard InChI is InChI=1S/C19H19FO2/c1-13(2)19(22)17(14-6-4-3-5-7-14)12-18(21)15-8-10-16(20)11-9-15/h3-11,13,17H,12H2,1-2H3/t17-/m0/s1. The SMILES string of the molecule is CC(C)C(=O)[C@@H](CC(=O)c1ccc(F)cc1)c1ccccc1. The fraction of sp³-hybridized carbons (Fsp3) is 0.263. The van der Waals surface area contributed by atoms with Crippen LogP contribution in [0.5, 0.6) is 0 Å². The molecule has 0 aliphatic rings. The minimum Gasteiger partial charge on any atom is -0.299 e. The molecule has 0 unspecified atom stereocenters. The van der Waals surface area contributed by atoms with E-state index in [4.69, 9.17) is 0 Å². The summed E-state index contributed by atoms with van der Waals surface area (Å²) < 4.78 is 12.9. The molecule has 0 aliphatic heterocycles. The summed E-state index contributed by atoms with van der Waals surface area (Å²) in [6.07, 6.45) is 0.104. The number of Topliss-reactive ketones (excluding diaryl/α,β-unsaturated/α-hetero) is 2. The largest absolute Gasteiger partial charge is 0.299 e. The first-order chi connectivity index (χ1) is 10.5. The van der Waals surface area contributed by atoms with Gasteiger partial charge in [0.25, 0.3) is 0 Å². The molecule has 0 aromatic heterocycles. The van der Waals surface area contributed by atoms with Crippen molar-refractivity contribution < 1.29 is 14.0 Å². The van der Waals surface area contributed by atoms with Crippen molar-refractivity contribution >= 4 is 11.6 Å². The van der Waals surface area contributed by atoms with E-state index in [0.29, 0.717) is 5.56 Å². The first-order valence-electron chi connectivity index (χ1n) is 7.36. The third-order valence-electron chi connectivity index (χ3n) is 3.67. The van der Waals surface area contributed by atoms with Crippen molar-refractivity contribution in [1.29, 1.82) is 0 Å². The van der Waals surface area contributed by atoms with Gasteiger partial charge in [-0.15, -0.1) is 0 Å². The molecule has 0 radical (unpaired) electrons. The summed E-state index contributed by atoms with van der Waals surface area (Å²) in [6, 6.07) is 14.8. The van der Waals surface area contributed by atoms with E-state index in [1.54, 1.807) is 0 Å². The molecule has 2 rings (SSSR count). The molecule has 2 aromatic rings. The maximum absolute atomic E-state index is 12.9. The third kappa shape index (κ3) is 3.88. The van der Waals surface area contributed by atoms with Gasteiger partial charge in [-0.3, -0.25) is 9.59 Å². The van der Waals surface area contributed by atoms with Gasteiger partial charge in [-0.05, 0) is 29.8 Å². The molecule has 0 N–H and O–H groups in total. The molecule has 0 amide bonds. The number of hydrogen-bond donors (Lipinski definition) is 0. The smallest absolute Gasteiger partial charge is 0.163 e. The molecule has 2 nitrogen and oxygen atoms in total. The highest BCUT2D eigenvalue weighted by atomic mass is 19.1. The molecule has 2 aromatic carbocycles. The average molecular weight is 298 g/mol. The molecule has 0 saturated carbocycles. The van der Waals surface area contributed by atoms with Gasteiger partial charge in [-0.2, -0.15) is 0 Å². The second-order valence-electron chi connectivity index (χ2n) is 5.65. The van der Waals surface area contributed by atoms with E-state index in [-0.39, 0.29) is 29.7 Å². The van der Waals surface area contributed by atoms with Crippen LogP contribution < -0.4 is 0 Å². The molecule has 0 aliphatic carbocycles. The van der Waals surface area contributed by atoms with Crippen molar-refractivity contribution in [2.45, 2.75) is 26.2 Å². The Kier molecular flexibility index (Phi) is 5.21. The highest BCUT2D eigenvalue weighted by Crippen LogP contribution is 2.26. The van der Waals surface area contributed by atoms with Crippen molar-refractivity contribution in [1.82, 2.24) is 0 Å². The van der Waals surface area contributed by atoms with Crippen LogP contribution in [-0.4, -0.2) is 11.6 Å². The highest BCUT2D eigenvalue weighted by Gasteiger charge is 2.26. The van der Waals surface area contributed by atoms with Crippen LogP contribution in [0.2, 0.25) is 0 Å². The Balaban J connectivity index is 2.25. The molecule has 3 heteroatoms. The Morgan fingerprint density at radius 1 is 0.955 bits per heavy atom. The van der Waals surface area contributed by atoms with Gasteiger partial charge in [0.2, 0.25) is 0 Å². The van der Waals surface area contributed by atoms with Gasteiger partial charge in [0, 0.05) is 17.9 Å². The van der Waals surface area contributed by atoms with Crippen molar-refractivity contribution in [2.24, 2.45) is 5.92 Å². The van der Waals surface area contributed by atoms with Crippen LogP contribution in [-0.2, 0) is 4.79 Å². The Hall–Kier alpha value is -2.29. The zero-order chi connectivity index (χ0) is 16.1. The molecule has 0 fully saturated rings. The number of carbonyl (C=O) groups is 2. The van der Waals surface area contributed by atoms with E-state index < -0.39 is 5.92 Å². The number of rotatable bonds is 6. The quantitative estimate of drug-likeness (QED) is 0.740. The minimum absolute atomic E-state index is 0.0432. The highest BCUT2D eigenvalue weighted by molar-refractivity contribution is 6.00. The number of hydrogen-bond acceptors (Lipinski definition) is 2. The first kappa shape index (κ1) is 16.1. The lowest BCUT2D eigenvalue weighted by atomic mass is 9.84. The zero-order valence-corrected chi connectivity index (χ0v) is 12.8. The zero-order valence-electron chi connectivity index (χ0n) is 12.8. The maximum atomic E-state index is 12.9. The molecule has 1 atom stereocenters. The van der Waals surface area contributed by atoms with E-state index in [9.17, 15) is 14.0 Å². The van der Waals surface area contributed by atoms with Crippen molar-refractivity contribution in [3.05, 3.63) is 71.5 Å². The predicted octanol–water partition coefficient (Wildman–Crippen LogP) is 4.41. The molecular weight excluding hydrogens is 279 g/mol. The van der Waals surface area contributed by atoms with Crippen LogP contribution in [0.25, 0.3) is 0 Å². The predicted molar refractivity (Wildman–Crippen MR) is 84.4 cm³/mol. The fourth-order valence-electron chi connectivity index (χ4n) is 2.41. The van der Waals surface area contributed by atoms with Crippen molar-refractivity contribution in [2.75, 3.05) is 0 Å². The van der Waals surface area contributed by atoms with Crippen LogP contribution in [0.1, 0.15) is 42.1 Å². The van der Waals surface area contributed by atoms with Crippen LogP contribution in [0.4, 0.5) is 4.39 Å². The lowest BCUT2D eigenvalue weighted by Gasteiger charge is -2.18. The van der Waals surface area contributed by atoms with E-state index in [1.807, 2.05) is 44.2 Å². The monoisotopic (exact) mass is 298 g/mol. The lowest BCUT2D eigenvalue weighted by molar-refractivity contribution is -0.123. The summed E-state index contributed by atoms with van der Waals surface area (Å²) in [5, 5.41) is 0. The molecule has 114 valence electrons. The van der Waals surface area contributed by atoms with Crippen LogP contribution >= 0.6 is 0 Å². The Morgan fingerprint density at radius 2 is 1.55 bits per heavy atom. The summed E-state index contributed by atoms with van der Waals surface area (Å²) in [5.74, 6) is -1.09. The first-order valence-corrected chi connectivity index (χ1v) is 7.36. The van der Waals surface area contributed by atoms with Crippen LogP contribution in [0.15, 0.2) is 54.6 Å². The number of carbonyl (C=O) groups excluding carboxylic acids is 2. The fourth-order valence-corrected chi connectivity index (χ4v) is 2.41. The molecule has 0 spiro atoms.